The second kappa shape index (κ2) is 7.78. The Hall–Kier alpha value is -3.01. The standard InChI is InChI=1S/C19H12ClN3O4S2/c20-10-5-7-11(8-6-10)27-9-14(24)22-23-18(26)16(29-19(23)28)15-12-3-1-2-4-13(12)21-17(15)25/h1-8,26H,9H2,(H,22,24). The van der Waals surface area contributed by atoms with Crippen molar-refractivity contribution >= 4 is 52.5 Å². The quantitative estimate of drug-likeness (QED) is 0.587. The fourth-order valence-electron chi connectivity index (χ4n) is 2.75. The highest BCUT2D eigenvalue weighted by Gasteiger charge is 2.25. The number of fused-ring (bicyclic) bond motifs is 1. The molecule has 29 heavy (non-hydrogen) atoms. The second-order valence-corrected chi connectivity index (χ2v) is 8.02. The minimum atomic E-state index is -0.538. The van der Waals surface area contributed by atoms with E-state index in [1.807, 2.05) is 0 Å². The van der Waals surface area contributed by atoms with Crippen molar-refractivity contribution in [2.45, 2.75) is 0 Å². The molecule has 146 valence electrons. The summed E-state index contributed by atoms with van der Waals surface area (Å²) in [5.74, 6) is -0.880. The van der Waals surface area contributed by atoms with Gasteiger partial charge in [0.25, 0.3) is 11.8 Å². The van der Waals surface area contributed by atoms with Gasteiger partial charge in [-0.15, -0.1) is 0 Å². The predicted molar refractivity (Wildman–Crippen MR) is 111 cm³/mol. The highest BCUT2D eigenvalue weighted by molar-refractivity contribution is 7.73. The van der Waals surface area contributed by atoms with Crippen molar-refractivity contribution in [2.75, 3.05) is 12.0 Å². The van der Waals surface area contributed by atoms with Gasteiger partial charge in [0.1, 0.15) is 10.6 Å². The molecule has 0 unspecified atom stereocenters. The van der Waals surface area contributed by atoms with Crippen LogP contribution < -0.4 is 20.7 Å². The summed E-state index contributed by atoms with van der Waals surface area (Å²) in [4.78, 5) is 28.8. The molecule has 0 saturated carbocycles. The van der Waals surface area contributed by atoms with E-state index in [0.29, 0.717) is 21.3 Å². The lowest BCUT2D eigenvalue weighted by atomic mass is 10.1. The zero-order chi connectivity index (χ0) is 20.5. The van der Waals surface area contributed by atoms with Crippen LogP contribution >= 0.6 is 35.2 Å². The number of rotatable bonds is 5. The molecule has 0 bridgehead atoms. The van der Waals surface area contributed by atoms with Crippen molar-refractivity contribution in [1.29, 1.82) is 0 Å². The number of carbonyl (C=O) groups excluding carboxylic acids is 2. The Kier molecular flexibility index (Phi) is 5.18. The van der Waals surface area contributed by atoms with E-state index in [9.17, 15) is 14.7 Å². The number of benzene rings is 2. The van der Waals surface area contributed by atoms with E-state index in [1.54, 1.807) is 48.5 Å². The van der Waals surface area contributed by atoms with Crippen LogP contribution in [0.5, 0.6) is 11.6 Å². The third kappa shape index (κ3) is 3.80. The Morgan fingerprint density at radius 1 is 1.24 bits per heavy atom. The number of ether oxygens (including phenoxy) is 1. The van der Waals surface area contributed by atoms with Crippen molar-refractivity contribution in [3.63, 3.8) is 0 Å². The molecule has 2 aromatic carbocycles. The fraction of sp³-hybridized carbons (Fsp3) is 0.0526. The van der Waals surface area contributed by atoms with E-state index in [-0.39, 0.29) is 26.9 Å². The van der Waals surface area contributed by atoms with Gasteiger partial charge in [0.2, 0.25) is 5.88 Å². The van der Waals surface area contributed by atoms with Gasteiger partial charge in [0, 0.05) is 10.2 Å². The molecule has 2 heterocycles. The van der Waals surface area contributed by atoms with Crippen LogP contribution in [-0.2, 0) is 9.59 Å². The average molecular weight is 446 g/mol. The minimum Gasteiger partial charge on any atom is -0.492 e. The molecule has 3 aromatic rings. The molecule has 0 atom stereocenters. The molecule has 0 radical (unpaired) electrons. The van der Waals surface area contributed by atoms with Gasteiger partial charge < -0.3 is 9.84 Å². The predicted octanol–water partition coefficient (Wildman–Crippen LogP) is 2.15. The van der Waals surface area contributed by atoms with E-state index < -0.39 is 11.8 Å². The summed E-state index contributed by atoms with van der Waals surface area (Å²) < 4.78 is 6.59. The Balaban J connectivity index is 1.58. The van der Waals surface area contributed by atoms with Gasteiger partial charge in [0.15, 0.2) is 10.6 Å². The molecule has 1 aromatic heterocycles. The Morgan fingerprint density at radius 3 is 2.72 bits per heavy atom. The summed E-state index contributed by atoms with van der Waals surface area (Å²) >= 11 is 12.0. The summed E-state index contributed by atoms with van der Waals surface area (Å²) in [6.45, 7) is -0.304. The molecule has 0 fully saturated rings. The molecule has 1 aliphatic rings. The van der Waals surface area contributed by atoms with E-state index in [4.69, 9.17) is 28.6 Å². The number of nitrogens with zero attached hydrogens (tertiary/aromatic N) is 2. The van der Waals surface area contributed by atoms with Crippen LogP contribution in [0.15, 0.2) is 53.5 Å². The number of thiazole rings is 1. The Labute approximate surface area is 178 Å². The lowest BCUT2D eigenvalue weighted by Gasteiger charge is -2.09. The Morgan fingerprint density at radius 2 is 1.97 bits per heavy atom. The lowest BCUT2D eigenvalue weighted by Crippen LogP contribution is -2.27. The molecular formula is C19H12ClN3O4S2. The third-order valence-corrected chi connectivity index (χ3v) is 5.68. The molecular weight excluding hydrogens is 434 g/mol. The first-order valence-corrected chi connectivity index (χ1v) is 9.90. The number of nitrogens with one attached hydrogen (secondary N) is 1. The van der Waals surface area contributed by atoms with Gasteiger partial charge in [-0.25, -0.2) is 4.99 Å². The fourth-order valence-corrected chi connectivity index (χ4v) is 4.14. The zero-order valence-electron chi connectivity index (χ0n) is 14.6. The minimum absolute atomic E-state index is 0.169. The number of hydrogen-bond donors (Lipinski definition) is 2. The molecule has 4 rings (SSSR count). The number of aromatic hydroxyl groups is 1. The van der Waals surface area contributed by atoms with E-state index in [2.05, 4.69) is 10.4 Å². The van der Waals surface area contributed by atoms with Gasteiger partial charge >= 0.3 is 0 Å². The first kappa shape index (κ1) is 19.3. The van der Waals surface area contributed by atoms with Crippen molar-refractivity contribution in [3.05, 3.63) is 73.0 Å². The molecule has 1 aliphatic heterocycles. The molecule has 7 nitrogen and oxygen atoms in total. The second-order valence-electron chi connectivity index (χ2n) is 5.94. The van der Waals surface area contributed by atoms with Gasteiger partial charge in [-0.3, -0.25) is 15.0 Å². The SMILES string of the molecule is O=C(COc1ccc(Cl)cc1)Nn1c(O)c(C2=c3ccccc3=NC2=O)sc1=S. The summed E-state index contributed by atoms with van der Waals surface area (Å²) in [6, 6.07) is 13.5. The average Bonchev–Trinajstić information content (AvgIpc) is 3.17. The van der Waals surface area contributed by atoms with Crippen LogP contribution in [0.3, 0.4) is 0 Å². The smallest absolute Gasteiger partial charge is 0.279 e. The van der Waals surface area contributed by atoms with Crippen molar-refractivity contribution in [1.82, 2.24) is 4.68 Å². The molecule has 2 N–H and O–H groups in total. The van der Waals surface area contributed by atoms with E-state index in [0.717, 1.165) is 16.0 Å². The monoisotopic (exact) mass is 445 g/mol. The maximum absolute atomic E-state index is 12.3. The summed E-state index contributed by atoms with van der Waals surface area (Å²) in [5.41, 5.74) is 2.72. The lowest BCUT2D eigenvalue weighted by molar-refractivity contribution is -0.119. The first-order valence-electron chi connectivity index (χ1n) is 8.30. The molecule has 0 saturated heterocycles. The van der Waals surface area contributed by atoms with Gasteiger partial charge in [-0.1, -0.05) is 41.1 Å². The highest BCUT2D eigenvalue weighted by Crippen LogP contribution is 2.31. The van der Waals surface area contributed by atoms with Crippen LogP contribution in [0, 0.1) is 3.95 Å². The number of amides is 2. The van der Waals surface area contributed by atoms with Crippen LogP contribution in [0.25, 0.3) is 5.57 Å². The van der Waals surface area contributed by atoms with Crippen molar-refractivity contribution < 1.29 is 19.4 Å². The van der Waals surface area contributed by atoms with Crippen molar-refractivity contribution in [2.24, 2.45) is 4.99 Å². The van der Waals surface area contributed by atoms with Crippen LogP contribution in [0.2, 0.25) is 5.02 Å². The van der Waals surface area contributed by atoms with E-state index in [1.165, 1.54) is 0 Å². The molecule has 0 aliphatic carbocycles. The van der Waals surface area contributed by atoms with Gasteiger partial charge in [-0.05, 0) is 42.5 Å². The maximum atomic E-state index is 12.3. The summed E-state index contributed by atoms with van der Waals surface area (Å²) in [6.07, 6.45) is 0. The summed E-state index contributed by atoms with van der Waals surface area (Å²) in [5, 5.41) is 12.3. The number of aromatic nitrogens is 1. The molecule has 0 spiro atoms. The third-order valence-electron chi connectivity index (χ3n) is 4.04. The topological polar surface area (TPSA) is 92.9 Å². The molecule has 2 amide bonds. The van der Waals surface area contributed by atoms with Crippen molar-refractivity contribution in [3.8, 4) is 11.6 Å². The molecule has 10 heteroatoms. The largest absolute Gasteiger partial charge is 0.492 e. The van der Waals surface area contributed by atoms with Gasteiger partial charge in [-0.2, -0.15) is 4.68 Å². The van der Waals surface area contributed by atoms with Crippen LogP contribution in [0.4, 0.5) is 0 Å². The highest BCUT2D eigenvalue weighted by atomic mass is 35.5. The number of para-hydroxylation sites is 1. The first-order chi connectivity index (χ1) is 13.9. The maximum Gasteiger partial charge on any atom is 0.279 e. The van der Waals surface area contributed by atoms with E-state index >= 15 is 0 Å². The number of halogens is 1. The number of carbonyl (C=O) groups is 2. The summed E-state index contributed by atoms with van der Waals surface area (Å²) in [7, 11) is 0. The van der Waals surface area contributed by atoms with Crippen LogP contribution in [-0.4, -0.2) is 28.2 Å². The number of hydrogen-bond acceptors (Lipinski definition) is 6. The zero-order valence-corrected chi connectivity index (χ0v) is 17.0. The normalized spacial score (nSPS) is 12.4. The van der Waals surface area contributed by atoms with Gasteiger partial charge in [0.05, 0.1) is 10.9 Å². The Bertz CT molecular complexity index is 1310. The van der Waals surface area contributed by atoms with Crippen LogP contribution in [0.1, 0.15) is 4.88 Å².